The quantitative estimate of drug-likeness (QED) is 0.680. The van der Waals surface area contributed by atoms with Crippen LogP contribution < -0.4 is 14.8 Å². The van der Waals surface area contributed by atoms with Gasteiger partial charge in [0.25, 0.3) is 5.56 Å². The van der Waals surface area contributed by atoms with Crippen molar-refractivity contribution in [3.63, 3.8) is 0 Å². The minimum absolute atomic E-state index is 0.241. The number of pyridine rings is 1. The van der Waals surface area contributed by atoms with Gasteiger partial charge in [-0.3, -0.25) is 14.6 Å². The summed E-state index contributed by atoms with van der Waals surface area (Å²) in [7, 11) is 0. The molecule has 7 heteroatoms. The van der Waals surface area contributed by atoms with E-state index in [0.717, 1.165) is 11.3 Å². The van der Waals surface area contributed by atoms with E-state index in [1.54, 1.807) is 24.3 Å². The Morgan fingerprint density at radius 1 is 1.25 bits per heavy atom. The van der Waals surface area contributed by atoms with E-state index < -0.39 is 5.82 Å². The van der Waals surface area contributed by atoms with Crippen molar-refractivity contribution in [3.8, 4) is 0 Å². The van der Waals surface area contributed by atoms with Gasteiger partial charge in [-0.15, -0.1) is 11.3 Å². The number of hydrogen-bond acceptors (Lipinski definition) is 4. The van der Waals surface area contributed by atoms with Gasteiger partial charge in [0.05, 0.1) is 9.20 Å². The van der Waals surface area contributed by atoms with Crippen LogP contribution in [0.4, 0.5) is 4.39 Å². The number of H-pyrrole nitrogens is 1. The van der Waals surface area contributed by atoms with Crippen LogP contribution in [0.5, 0.6) is 0 Å². The molecule has 0 spiro atoms. The predicted octanol–water partition coefficient (Wildman–Crippen LogP) is 2.23. The molecule has 0 saturated heterocycles. The van der Waals surface area contributed by atoms with Crippen LogP contribution in [0.15, 0.2) is 52.0 Å². The van der Waals surface area contributed by atoms with E-state index in [4.69, 9.17) is 0 Å². The van der Waals surface area contributed by atoms with Gasteiger partial charge in [0.1, 0.15) is 5.82 Å². The molecule has 0 atom stereocenters. The van der Waals surface area contributed by atoms with E-state index >= 15 is 0 Å². The summed E-state index contributed by atoms with van der Waals surface area (Å²) in [5.41, 5.74) is 0.403. The van der Waals surface area contributed by atoms with Crippen LogP contribution in [-0.4, -0.2) is 15.8 Å². The lowest BCUT2D eigenvalue weighted by Crippen LogP contribution is -2.20. The number of rotatable bonds is 3. The van der Waals surface area contributed by atoms with Gasteiger partial charge in [-0.1, -0.05) is 15.9 Å². The van der Waals surface area contributed by atoms with E-state index in [0.29, 0.717) is 24.8 Å². The number of aromatic nitrogens is 2. The van der Waals surface area contributed by atoms with E-state index in [-0.39, 0.29) is 11.3 Å². The summed E-state index contributed by atoms with van der Waals surface area (Å²) in [4.78, 5) is 30.6. The van der Waals surface area contributed by atoms with Crippen molar-refractivity contribution in [1.29, 1.82) is 0 Å². The van der Waals surface area contributed by atoms with Crippen molar-refractivity contribution in [3.05, 3.63) is 83.7 Å². The molecule has 1 aromatic carbocycles. The molecule has 0 fully saturated rings. The first-order valence-electron chi connectivity index (χ1n) is 6.85. The zero-order chi connectivity index (χ0) is 17.1. The van der Waals surface area contributed by atoms with Gasteiger partial charge in [-0.05, 0) is 36.4 Å². The first kappa shape index (κ1) is 16.5. The number of ketones is 1. The maximum atomic E-state index is 13.8. The van der Waals surface area contributed by atoms with Crippen molar-refractivity contribution >= 4 is 45.2 Å². The maximum absolute atomic E-state index is 13.8. The standard InChI is InChI=1S/C17H10BrFN2O2S/c18-12-1-2-13(19)11(7-12)8-15-17(23)21-16(24-15)9-14(22)10-3-5-20-6-4-10/h1-9H,(H,21,23). The predicted molar refractivity (Wildman–Crippen MR) is 94.9 cm³/mol. The Kier molecular flexibility index (Phi) is 4.82. The van der Waals surface area contributed by atoms with Crippen LogP contribution in [-0.2, 0) is 0 Å². The zero-order valence-corrected chi connectivity index (χ0v) is 14.5. The summed E-state index contributed by atoms with van der Waals surface area (Å²) in [6, 6.07) is 7.67. The summed E-state index contributed by atoms with van der Waals surface area (Å²) >= 11 is 4.36. The minimum Gasteiger partial charge on any atom is -0.313 e. The van der Waals surface area contributed by atoms with E-state index in [1.807, 2.05) is 0 Å². The third-order valence-corrected chi connectivity index (χ3v) is 4.61. The molecule has 0 aliphatic carbocycles. The molecule has 24 heavy (non-hydrogen) atoms. The van der Waals surface area contributed by atoms with Crippen molar-refractivity contribution in [2.75, 3.05) is 0 Å². The van der Waals surface area contributed by atoms with Crippen LogP contribution >= 0.6 is 27.3 Å². The number of thiazole rings is 1. The van der Waals surface area contributed by atoms with E-state index in [2.05, 4.69) is 25.9 Å². The summed E-state index contributed by atoms with van der Waals surface area (Å²) in [5.74, 6) is -0.667. The first-order valence-corrected chi connectivity index (χ1v) is 8.46. The number of benzene rings is 1. The largest absolute Gasteiger partial charge is 0.313 e. The zero-order valence-electron chi connectivity index (χ0n) is 12.1. The van der Waals surface area contributed by atoms with Crippen molar-refractivity contribution < 1.29 is 9.18 Å². The summed E-state index contributed by atoms with van der Waals surface area (Å²) in [6.07, 6.45) is 5.84. The minimum atomic E-state index is -0.426. The lowest BCUT2D eigenvalue weighted by molar-refractivity contribution is 0.106. The Morgan fingerprint density at radius 2 is 2.00 bits per heavy atom. The molecule has 120 valence electrons. The molecule has 0 aliphatic rings. The molecular formula is C17H10BrFN2O2S. The smallest absolute Gasteiger partial charge is 0.266 e. The van der Waals surface area contributed by atoms with Crippen LogP contribution in [0.25, 0.3) is 12.2 Å². The van der Waals surface area contributed by atoms with Gasteiger partial charge in [0.2, 0.25) is 0 Å². The second kappa shape index (κ2) is 7.02. The topological polar surface area (TPSA) is 62.8 Å². The molecule has 1 N–H and O–H groups in total. The number of hydrogen-bond donors (Lipinski definition) is 1. The second-order valence-corrected chi connectivity index (χ2v) is 6.84. The van der Waals surface area contributed by atoms with Gasteiger partial charge >= 0.3 is 0 Å². The summed E-state index contributed by atoms with van der Waals surface area (Å²) in [6.45, 7) is 0. The van der Waals surface area contributed by atoms with Gasteiger partial charge in [-0.25, -0.2) is 4.39 Å². The molecule has 0 amide bonds. The molecule has 3 aromatic rings. The average molecular weight is 405 g/mol. The van der Waals surface area contributed by atoms with Gasteiger partial charge in [-0.2, -0.15) is 0 Å². The van der Waals surface area contributed by atoms with Crippen LogP contribution in [0, 0.1) is 5.82 Å². The Labute approximate surface area is 148 Å². The third kappa shape index (κ3) is 3.74. The monoisotopic (exact) mass is 404 g/mol. The highest BCUT2D eigenvalue weighted by molar-refractivity contribution is 9.10. The molecule has 2 aromatic heterocycles. The number of nitrogens with zero attached hydrogens (tertiary/aromatic N) is 1. The van der Waals surface area contributed by atoms with Crippen LogP contribution in [0.2, 0.25) is 0 Å². The lowest BCUT2D eigenvalue weighted by atomic mass is 10.2. The molecule has 3 rings (SSSR count). The third-order valence-electron chi connectivity index (χ3n) is 3.15. The van der Waals surface area contributed by atoms with Crippen LogP contribution in [0.3, 0.4) is 0 Å². The highest BCUT2D eigenvalue weighted by Gasteiger charge is 2.04. The van der Waals surface area contributed by atoms with Gasteiger partial charge in [0, 0.05) is 34.1 Å². The second-order valence-electron chi connectivity index (χ2n) is 4.84. The van der Waals surface area contributed by atoms with Gasteiger partial charge in [0.15, 0.2) is 5.78 Å². The molecule has 2 heterocycles. The van der Waals surface area contributed by atoms with E-state index in [1.165, 1.54) is 30.6 Å². The highest BCUT2D eigenvalue weighted by atomic mass is 79.9. The SMILES string of the molecule is O=C(C=c1[nH]c(=O)c(=Cc2cc(Br)ccc2F)s1)c1ccncc1. The Balaban J connectivity index is 2.03. The molecular weight excluding hydrogens is 395 g/mol. The number of nitrogens with one attached hydrogen (secondary N) is 1. The molecule has 0 aliphatic heterocycles. The first-order chi connectivity index (χ1) is 11.5. The Bertz CT molecular complexity index is 1070. The maximum Gasteiger partial charge on any atom is 0.266 e. The van der Waals surface area contributed by atoms with Crippen molar-refractivity contribution in [2.24, 2.45) is 0 Å². The molecule has 4 nitrogen and oxygen atoms in total. The Hall–Kier alpha value is -2.38. The summed E-state index contributed by atoms with van der Waals surface area (Å²) in [5, 5.41) is 0. The fourth-order valence-electron chi connectivity index (χ4n) is 2.01. The summed E-state index contributed by atoms with van der Waals surface area (Å²) < 4.78 is 15.2. The number of halogens is 2. The number of carbonyl (C=O) groups is 1. The Morgan fingerprint density at radius 3 is 2.75 bits per heavy atom. The molecule has 0 saturated carbocycles. The fraction of sp³-hybridized carbons (Fsp3) is 0. The number of Topliss-reactive ketones (excluding diaryl/α,β-unsaturated/α-hetero) is 1. The van der Waals surface area contributed by atoms with E-state index in [9.17, 15) is 14.0 Å². The number of carbonyl (C=O) groups excluding carboxylic acids is 1. The average Bonchev–Trinajstić information content (AvgIpc) is 2.91. The normalized spacial score (nSPS) is 12.6. The van der Waals surface area contributed by atoms with Gasteiger partial charge < -0.3 is 4.98 Å². The molecule has 0 unspecified atom stereocenters. The molecule has 0 radical (unpaired) electrons. The lowest BCUT2D eigenvalue weighted by Gasteiger charge is -1.96. The fourth-order valence-corrected chi connectivity index (χ4v) is 3.26. The molecule has 0 bridgehead atoms. The van der Waals surface area contributed by atoms with Crippen molar-refractivity contribution in [2.45, 2.75) is 0 Å². The highest BCUT2D eigenvalue weighted by Crippen LogP contribution is 2.15. The van der Waals surface area contributed by atoms with Crippen molar-refractivity contribution in [1.82, 2.24) is 9.97 Å². The number of aromatic amines is 1. The van der Waals surface area contributed by atoms with Crippen LogP contribution in [0.1, 0.15) is 15.9 Å².